The van der Waals surface area contributed by atoms with Crippen molar-refractivity contribution in [1.82, 2.24) is 4.90 Å². The van der Waals surface area contributed by atoms with E-state index in [0.717, 1.165) is 39.0 Å². The van der Waals surface area contributed by atoms with Gasteiger partial charge in [-0.05, 0) is 42.5 Å². The Labute approximate surface area is 203 Å². The van der Waals surface area contributed by atoms with Crippen molar-refractivity contribution < 1.29 is 8.99 Å². The van der Waals surface area contributed by atoms with Crippen molar-refractivity contribution in [3.8, 4) is 0 Å². The predicted molar refractivity (Wildman–Crippen MR) is 140 cm³/mol. The van der Waals surface area contributed by atoms with E-state index < -0.39 is 5.66 Å². The molecular weight excluding hydrogens is 432 g/mol. The van der Waals surface area contributed by atoms with Crippen LogP contribution in [0.5, 0.6) is 0 Å². The fraction of sp³-hybridized carbons (Fsp3) is 0.100. The standard InChI is InChI=1S/C30H23N4O/c1-31-18-19-32-27-25(17-16-24-23-14-8-9-15-26(23)35-28(24)27)30(29(31)32)33(21-10-4-2-5-11-21)20-34(30)22-12-6-3-7-13-22/h2-20,29H,1H3/q+1. The summed E-state index contributed by atoms with van der Waals surface area (Å²) in [5.41, 5.74) is 6.10. The first-order valence-electron chi connectivity index (χ1n) is 12.0. The highest BCUT2D eigenvalue weighted by atomic mass is 16.3. The van der Waals surface area contributed by atoms with Crippen LogP contribution in [0, 0.1) is 0 Å². The molecule has 0 saturated heterocycles. The normalized spacial score (nSPS) is 22.1. The fourth-order valence-corrected chi connectivity index (χ4v) is 6.24. The van der Waals surface area contributed by atoms with Gasteiger partial charge in [0.15, 0.2) is 11.7 Å². The van der Waals surface area contributed by atoms with Crippen molar-refractivity contribution in [3.05, 3.63) is 115 Å². The number of fused-ring (bicyclic) bond motifs is 9. The average molecular weight is 456 g/mol. The average Bonchev–Trinajstić information content (AvgIpc) is 3.55. The molecule has 8 rings (SSSR count). The number of hydrogen-bond donors (Lipinski definition) is 0. The van der Waals surface area contributed by atoms with E-state index in [-0.39, 0.29) is 6.17 Å². The smallest absolute Gasteiger partial charge is 0.321 e. The van der Waals surface area contributed by atoms with E-state index in [2.05, 4.69) is 136 Å². The van der Waals surface area contributed by atoms with Gasteiger partial charge in [-0.3, -0.25) is 0 Å². The van der Waals surface area contributed by atoms with Crippen LogP contribution in [0.15, 0.2) is 114 Å². The minimum atomic E-state index is -0.469. The molecule has 0 aliphatic carbocycles. The quantitative estimate of drug-likeness (QED) is 0.296. The van der Waals surface area contributed by atoms with Gasteiger partial charge in [0.05, 0.1) is 11.3 Å². The summed E-state index contributed by atoms with van der Waals surface area (Å²) in [5, 5.41) is 2.30. The van der Waals surface area contributed by atoms with E-state index >= 15 is 0 Å². The maximum absolute atomic E-state index is 6.54. The lowest BCUT2D eigenvalue weighted by molar-refractivity contribution is -0.573. The Morgan fingerprint density at radius 1 is 0.771 bits per heavy atom. The highest BCUT2D eigenvalue weighted by Gasteiger charge is 2.72. The number of likely N-dealkylation sites (N-methyl/N-ethyl adjacent to an activating group) is 1. The molecule has 0 N–H and O–H groups in total. The number of anilines is 2. The maximum Gasteiger partial charge on any atom is 0.321 e. The van der Waals surface area contributed by atoms with Crippen LogP contribution in [0.3, 0.4) is 0 Å². The molecule has 0 radical (unpaired) electrons. The number of para-hydroxylation sites is 3. The SMILES string of the molecule is CN1C=CN2c3c(ccc4c3oc3ccccc34)C3(C12)N(c1ccccc1)C=[N+]3c1ccccc1. The minimum absolute atomic E-state index is 0.0294. The molecule has 2 atom stereocenters. The van der Waals surface area contributed by atoms with Crippen LogP contribution in [0.2, 0.25) is 0 Å². The molecule has 1 spiro atoms. The third-order valence-electron chi connectivity index (χ3n) is 7.68. The highest BCUT2D eigenvalue weighted by molar-refractivity contribution is 6.11. The summed E-state index contributed by atoms with van der Waals surface area (Å²) in [4.78, 5) is 7.12. The zero-order chi connectivity index (χ0) is 23.1. The zero-order valence-corrected chi connectivity index (χ0v) is 19.2. The van der Waals surface area contributed by atoms with Gasteiger partial charge >= 0.3 is 5.66 Å². The summed E-state index contributed by atoms with van der Waals surface area (Å²) in [7, 11) is 2.16. The lowest BCUT2D eigenvalue weighted by Gasteiger charge is -2.46. The molecule has 35 heavy (non-hydrogen) atoms. The van der Waals surface area contributed by atoms with E-state index in [1.165, 1.54) is 5.56 Å². The Hall–Kier alpha value is -4.51. The van der Waals surface area contributed by atoms with Crippen LogP contribution >= 0.6 is 0 Å². The van der Waals surface area contributed by atoms with Gasteiger partial charge in [0.2, 0.25) is 0 Å². The van der Waals surface area contributed by atoms with Crippen molar-refractivity contribution in [2.45, 2.75) is 11.8 Å². The van der Waals surface area contributed by atoms with Crippen molar-refractivity contribution in [2.75, 3.05) is 16.8 Å². The topological polar surface area (TPSA) is 25.9 Å². The van der Waals surface area contributed by atoms with Gasteiger partial charge in [0, 0.05) is 30.2 Å². The molecule has 0 bridgehead atoms. The highest BCUT2D eigenvalue weighted by Crippen LogP contribution is 2.58. The maximum atomic E-state index is 6.54. The largest absolute Gasteiger partial charge is 0.454 e. The fourth-order valence-electron chi connectivity index (χ4n) is 6.24. The number of nitrogens with zero attached hydrogens (tertiary/aromatic N) is 4. The third-order valence-corrected chi connectivity index (χ3v) is 7.68. The van der Waals surface area contributed by atoms with E-state index in [1.54, 1.807) is 0 Å². The molecule has 3 aliphatic rings. The molecule has 0 amide bonds. The lowest BCUT2D eigenvalue weighted by atomic mass is 9.90. The van der Waals surface area contributed by atoms with Crippen LogP contribution in [0.1, 0.15) is 5.56 Å². The molecule has 5 nitrogen and oxygen atoms in total. The van der Waals surface area contributed by atoms with Crippen molar-refractivity contribution in [1.29, 1.82) is 0 Å². The van der Waals surface area contributed by atoms with Gasteiger partial charge in [-0.25, -0.2) is 0 Å². The van der Waals surface area contributed by atoms with E-state index in [4.69, 9.17) is 4.42 Å². The molecule has 4 heterocycles. The summed E-state index contributed by atoms with van der Waals surface area (Å²) in [6, 6.07) is 34.2. The van der Waals surface area contributed by atoms with Crippen LogP contribution in [-0.2, 0) is 5.66 Å². The van der Waals surface area contributed by atoms with Crippen LogP contribution in [0.4, 0.5) is 17.1 Å². The van der Waals surface area contributed by atoms with Crippen molar-refractivity contribution >= 4 is 45.3 Å². The van der Waals surface area contributed by atoms with Crippen LogP contribution < -0.4 is 9.80 Å². The number of furan rings is 1. The van der Waals surface area contributed by atoms with Crippen LogP contribution in [0.25, 0.3) is 21.9 Å². The monoisotopic (exact) mass is 455 g/mol. The second-order valence-electron chi connectivity index (χ2n) is 9.43. The second-order valence-corrected chi connectivity index (χ2v) is 9.43. The van der Waals surface area contributed by atoms with Crippen molar-refractivity contribution in [2.24, 2.45) is 0 Å². The van der Waals surface area contributed by atoms with Gasteiger partial charge < -0.3 is 14.2 Å². The molecule has 2 unspecified atom stereocenters. The first-order chi connectivity index (χ1) is 17.3. The summed E-state index contributed by atoms with van der Waals surface area (Å²) in [6.07, 6.45) is 6.62. The zero-order valence-electron chi connectivity index (χ0n) is 19.2. The minimum Gasteiger partial charge on any atom is -0.454 e. The van der Waals surface area contributed by atoms with Gasteiger partial charge in [0.25, 0.3) is 6.34 Å². The van der Waals surface area contributed by atoms with Gasteiger partial charge in [-0.15, -0.1) is 0 Å². The lowest BCUT2D eigenvalue weighted by Crippen LogP contribution is -2.70. The molecule has 0 saturated carbocycles. The number of rotatable bonds is 2. The molecular formula is C30H23N4O+. The summed E-state index contributed by atoms with van der Waals surface area (Å²) < 4.78 is 8.96. The van der Waals surface area contributed by atoms with Gasteiger partial charge in [-0.2, -0.15) is 9.48 Å². The van der Waals surface area contributed by atoms with Gasteiger partial charge in [-0.1, -0.05) is 54.6 Å². The third kappa shape index (κ3) is 2.21. The first-order valence-corrected chi connectivity index (χ1v) is 12.0. The molecule has 3 aliphatic heterocycles. The van der Waals surface area contributed by atoms with Crippen LogP contribution in [-0.4, -0.2) is 29.0 Å². The second kappa shape index (κ2) is 6.54. The van der Waals surface area contributed by atoms with E-state index in [0.29, 0.717) is 0 Å². The van der Waals surface area contributed by atoms with E-state index in [1.807, 2.05) is 6.07 Å². The predicted octanol–water partition coefficient (Wildman–Crippen LogP) is 6.19. The molecule has 1 aromatic heterocycles. The molecule has 5 heteroatoms. The molecule has 168 valence electrons. The van der Waals surface area contributed by atoms with Gasteiger partial charge in [0.1, 0.15) is 17.0 Å². The summed E-state index contributed by atoms with van der Waals surface area (Å²) >= 11 is 0. The Balaban J connectivity index is 1.47. The Kier molecular flexibility index (Phi) is 3.53. The summed E-state index contributed by atoms with van der Waals surface area (Å²) in [6.45, 7) is 0. The number of hydrogen-bond acceptors (Lipinski definition) is 4. The molecule has 0 fully saturated rings. The molecule has 4 aromatic carbocycles. The van der Waals surface area contributed by atoms with Crippen molar-refractivity contribution in [3.63, 3.8) is 0 Å². The Bertz CT molecular complexity index is 1690. The summed E-state index contributed by atoms with van der Waals surface area (Å²) in [5.74, 6) is 0. The number of benzene rings is 4. The molecule has 5 aromatic rings. The van der Waals surface area contributed by atoms with E-state index in [9.17, 15) is 0 Å². The Morgan fingerprint density at radius 2 is 1.51 bits per heavy atom. The Morgan fingerprint density at radius 3 is 2.34 bits per heavy atom. The first kappa shape index (κ1) is 18.9.